The zero-order chi connectivity index (χ0) is 16.3. The van der Waals surface area contributed by atoms with Gasteiger partial charge in [-0.25, -0.2) is 4.79 Å². The third kappa shape index (κ3) is 3.76. The van der Waals surface area contributed by atoms with E-state index < -0.39 is 5.60 Å². The Hall–Kier alpha value is -2.08. The van der Waals surface area contributed by atoms with Crippen LogP contribution in [0, 0.1) is 0 Å². The van der Waals surface area contributed by atoms with E-state index in [1.165, 1.54) is 7.11 Å². The Bertz CT molecular complexity index is 578. The van der Waals surface area contributed by atoms with Crippen molar-refractivity contribution in [3.05, 3.63) is 29.3 Å². The van der Waals surface area contributed by atoms with Gasteiger partial charge in [0.15, 0.2) is 0 Å². The van der Waals surface area contributed by atoms with Crippen molar-refractivity contribution in [1.82, 2.24) is 5.32 Å². The van der Waals surface area contributed by atoms with E-state index in [1.807, 2.05) is 26.8 Å². The number of fused-ring (bicyclic) bond motifs is 1. The first-order valence-electron chi connectivity index (χ1n) is 7.22. The van der Waals surface area contributed by atoms with Gasteiger partial charge in [-0.15, -0.1) is 0 Å². The second-order valence-electron chi connectivity index (χ2n) is 6.16. The molecule has 2 rings (SSSR count). The van der Waals surface area contributed by atoms with Gasteiger partial charge < -0.3 is 14.8 Å². The van der Waals surface area contributed by atoms with Gasteiger partial charge in [0.1, 0.15) is 12.3 Å². The van der Waals surface area contributed by atoms with E-state index >= 15 is 0 Å². The maximum Gasteiger partial charge on any atom is 0.414 e. The Labute approximate surface area is 130 Å². The van der Waals surface area contributed by atoms with Gasteiger partial charge in [-0.2, -0.15) is 0 Å². The summed E-state index contributed by atoms with van der Waals surface area (Å²) in [5.74, 6) is -0.194. The molecule has 0 aliphatic carbocycles. The van der Waals surface area contributed by atoms with Gasteiger partial charge in [0.2, 0.25) is 0 Å². The maximum absolute atomic E-state index is 12.2. The minimum atomic E-state index is -0.528. The number of anilines is 1. The van der Waals surface area contributed by atoms with E-state index in [1.54, 1.807) is 17.0 Å². The number of benzene rings is 1. The third-order valence-corrected chi connectivity index (χ3v) is 3.23. The highest BCUT2D eigenvalue weighted by Crippen LogP contribution is 2.30. The molecular formula is C16H22N2O4. The molecule has 0 fully saturated rings. The predicted octanol–water partition coefficient (Wildman–Crippen LogP) is 2.32. The number of rotatable bonds is 3. The molecule has 1 aromatic rings. The predicted molar refractivity (Wildman–Crippen MR) is 83.1 cm³/mol. The van der Waals surface area contributed by atoms with Crippen molar-refractivity contribution in [2.24, 2.45) is 0 Å². The molecule has 1 aliphatic heterocycles. The summed E-state index contributed by atoms with van der Waals surface area (Å²) in [7, 11) is 1.52. The van der Waals surface area contributed by atoms with Crippen molar-refractivity contribution >= 4 is 17.7 Å². The lowest BCUT2D eigenvalue weighted by atomic mass is 10.1. The lowest BCUT2D eigenvalue weighted by Crippen LogP contribution is -2.35. The van der Waals surface area contributed by atoms with Crippen LogP contribution in [0.5, 0.6) is 0 Å². The molecule has 0 aromatic heterocycles. The normalized spacial score (nSPS) is 13.7. The first kappa shape index (κ1) is 16.3. The molecule has 1 aliphatic rings. The molecule has 0 bridgehead atoms. The van der Waals surface area contributed by atoms with E-state index in [4.69, 9.17) is 9.47 Å². The Balaban J connectivity index is 2.13. The summed E-state index contributed by atoms with van der Waals surface area (Å²) in [6.45, 7) is 6.24. The lowest BCUT2D eigenvalue weighted by molar-refractivity contribution is 0.0583. The smallest absolute Gasteiger partial charge is 0.414 e. The second kappa shape index (κ2) is 6.36. The zero-order valence-electron chi connectivity index (χ0n) is 13.4. The Morgan fingerprint density at radius 3 is 2.68 bits per heavy atom. The standard InChI is InChI=1S/C16H22N2O4/c1-16(2,3)22-15(20)18-8-7-11-9-12(5-6-13(11)18)14(19)17-10-21-4/h5-6,9H,7-8,10H2,1-4H3,(H,17,19). The molecule has 0 radical (unpaired) electrons. The van der Waals surface area contributed by atoms with Crippen molar-refractivity contribution in [3.63, 3.8) is 0 Å². The van der Waals surface area contributed by atoms with Gasteiger partial charge in [0, 0.05) is 19.2 Å². The minimum Gasteiger partial charge on any atom is -0.443 e. The number of nitrogens with zero attached hydrogens (tertiary/aromatic N) is 1. The SMILES string of the molecule is COCNC(=O)c1ccc2c(c1)CCN2C(=O)OC(C)(C)C. The number of carbonyl (C=O) groups is 2. The molecule has 0 spiro atoms. The van der Waals surface area contributed by atoms with Gasteiger partial charge in [-0.3, -0.25) is 9.69 Å². The second-order valence-corrected chi connectivity index (χ2v) is 6.16. The summed E-state index contributed by atoms with van der Waals surface area (Å²) in [6.07, 6.45) is 0.350. The average molecular weight is 306 g/mol. The average Bonchev–Trinajstić information content (AvgIpc) is 2.85. The fourth-order valence-corrected chi connectivity index (χ4v) is 2.29. The monoisotopic (exact) mass is 306 g/mol. The Morgan fingerprint density at radius 2 is 2.05 bits per heavy atom. The van der Waals surface area contributed by atoms with Crippen LogP contribution in [0.25, 0.3) is 0 Å². The first-order valence-corrected chi connectivity index (χ1v) is 7.22. The summed E-state index contributed by atoms with van der Waals surface area (Å²) >= 11 is 0. The van der Waals surface area contributed by atoms with Crippen molar-refractivity contribution in [2.45, 2.75) is 32.8 Å². The highest BCUT2D eigenvalue weighted by molar-refractivity contribution is 5.96. The molecule has 0 atom stereocenters. The van der Waals surface area contributed by atoms with E-state index in [0.29, 0.717) is 18.5 Å². The Kier molecular flexibility index (Phi) is 4.71. The fourth-order valence-electron chi connectivity index (χ4n) is 2.29. The summed E-state index contributed by atoms with van der Waals surface area (Å²) in [5.41, 5.74) is 1.80. The van der Waals surface area contributed by atoms with Crippen LogP contribution >= 0.6 is 0 Å². The van der Waals surface area contributed by atoms with E-state index in [0.717, 1.165) is 11.3 Å². The van der Waals surface area contributed by atoms with Crippen molar-refractivity contribution in [3.8, 4) is 0 Å². The number of amides is 2. The van der Waals surface area contributed by atoms with Gasteiger partial charge in [0.05, 0.1) is 5.69 Å². The summed E-state index contributed by atoms with van der Waals surface area (Å²) in [6, 6.07) is 5.30. The molecule has 6 nitrogen and oxygen atoms in total. The van der Waals surface area contributed by atoms with Crippen molar-refractivity contribution in [2.75, 3.05) is 25.3 Å². The molecule has 0 unspecified atom stereocenters. The lowest BCUT2D eigenvalue weighted by Gasteiger charge is -2.24. The first-order chi connectivity index (χ1) is 10.3. The van der Waals surface area contributed by atoms with Crippen LogP contribution in [0.3, 0.4) is 0 Å². The quantitative estimate of drug-likeness (QED) is 0.870. The molecule has 120 valence electrons. The van der Waals surface area contributed by atoms with Crippen LogP contribution in [-0.2, 0) is 15.9 Å². The summed E-state index contributed by atoms with van der Waals surface area (Å²) in [4.78, 5) is 25.7. The number of nitrogens with one attached hydrogen (secondary N) is 1. The molecule has 0 saturated carbocycles. The number of hydrogen-bond donors (Lipinski definition) is 1. The van der Waals surface area contributed by atoms with Gasteiger partial charge in [-0.05, 0) is 51.0 Å². The van der Waals surface area contributed by atoms with Crippen LogP contribution in [-0.4, -0.2) is 38.0 Å². The fraction of sp³-hybridized carbons (Fsp3) is 0.500. The molecule has 1 heterocycles. The maximum atomic E-state index is 12.2. The molecule has 1 aromatic carbocycles. The molecule has 0 saturated heterocycles. The van der Waals surface area contributed by atoms with Crippen LogP contribution in [0.2, 0.25) is 0 Å². The summed E-state index contributed by atoms with van der Waals surface area (Å²) < 4.78 is 10.2. The van der Waals surface area contributed by atoms with E-state index in [9.17, 15) is 9.59 Å². The molecular weight excluding hydrogens is 284 g/mol. The van der Waals surface area contributed by atoms with Gasteiger partial charge in [0.25, 0.3) is 5.91 Å². The van der Waals surface area contributed by atoms with Crippen LogP contribution < -0.4 is 10.2 Å². The largest absolute Gasteiger partial charge is 0.443 e. The van der Waals surface area contributed by atoms with Gasteiger partial charge >= 0.3 is 6.09 Å². The molecule has 1 N–H and O–H groups in total. The number of methoxy groups -OCH3 is 1. The molecule has 2 amide bonds. The molecule has 6 heteroatoms. The van der Waals surface area contributed by atoms with Crippen LogP contribution in [0.1, 0.15) is 36.7 Å². The highest BCUT2D eigenvalue weighted by Gasteiger charge is 2.29. The van der Waals surface area contributed by atoms with Crippen molar-refractivity contribution < 1.29 is 19.1 Å². The number of ether oxygens (including phenoxy) is 2. The van der Waals surface area contributed by atoms with E-state index in [-0.39, 0.29) is 18.7 Å². The van der Waals surface area contributed by atoms with Gasteiger partial charge in [-0.1, -0.05) is 0 Å². The Morgan fingerprint density at radius 1 is 1.32 bits per heavy atom. The number of hydrogen-bond acceptors (Lipinski definition) is 4. The van der Waals surface area contributed by atoms with Crippen molar-refractivity contribution in [1.29, 1.82) is 0 Å². The van der Waals surface area contributed by atoms with E-state index in [2.05, 4.69) is 5.32 Å². The number of carbonyl (C=O) groups excluding carboxylic acids is 2. The van der Waals surface area contributed by atoms with Crippen LogP contribution in [0.4, 0.5) is 10.5 Å². The highest BCUT2D eigenvalue weighted by atomic mass is 16.6. The molecule has 22 heavy (non-hydrogen) atoms. The van der Waals surface area contributed by atoms with Crippen LogP contribution in [0.15, 0.2) is 18.2 Å². The minimum absolute atomic E-state index is 0.167. The summed E-state index contributed by atoms with van der Waals surface area (Å²) in [5, 5.41) is 2.64. The third-order valence-electron chi connectivity index (χ3n) is 3.23. The zero-order valence-corrected chi connectivity index (χ0v) is 13.4. The topological polar surface area (TPSA) is 67.9 Å².